The molecule has 0 saturated carbocycles. The molecule has 106 valence electrons. The van der Waals surface area contributed by atoms with Crippen molar-refractivity contribution >= 4 is 17.2 Å². The minimum absolute atomic E-state index is 0.0940. The quantitative estimate of drug-likeness (QED) is 0.871. The Balaban J connectivity index is 1.77. The van der Waals surface area contributed by atoms with Crippen molar-refractivity contribution in [3.05, 3.63) is 21.4 Å². The average Bonchev–Trinajstić information content (AvgIpc) is 2.81. The molecule has 1 atom stereocenters. The van der Waals surface area contributed by atoms with Gasteiger partial charge in [0.05, 0.1) is 4.88 Å². The molecular formula is C15H24N2OS. The van der Waals surface area contributed by atoms with Gasteiger partial charge in [0.25, 0.3) is 5.91 Å². The van der Waals surface area contributed by atoms with Gasteiger partial charge in [-0.15, -0.1) is 11.3 Å². The van der Waals surface area contributed by atoms with E-state index in [-0.39, 0.29) is 5.91 Å². The SMILES string of the molecule is CCc1sc(C(=O)NCCC2CCCNC2)cc1C. The molecule has 0 aromatic carbocycles. The van der Waals surface area contributed by atoms with E-state index in [0.717, 1.165) is 43.3 Å². The van der Waals surface area contributed by atoms with Crippen molar-refractivity contribution in [2.45, 2.75) is 39.5 Å². The van der Waals surface area contributed by atoms with Gasteiger partial charge in [0.15, 0.2) is 0 Å². The summed E-state index contributed by atoms with van der Waals surface area (Å²) in [6.07, 6.45) is 4.66. The molecular weight excluding hydrogens is 256 g/mol. The minimum Gasteiger partial charge on any atom is -0.351 e. The Morgan fingerprint density at radius 1 is 1.58 bits per heavy atom. The lowest BCUT2D eigenvalue weighted by molar-refractivity contribution is 0.0954. The van der Waals surface area contributed by atoms with Gasteiger partial charge < -0.3 is 10.6 Å². The van der Waals surface area contributed by atoms with Crippen LogP contribution in [0.25, 0.3) is 0 Å². The number of aryl methyl sites for hydroxylation is 2. The summed E-state index contributed by atoms with van der Waals surface area (Å²) in [6, 6.07) is 2.01. The molecule has 1 fully saturated rings. The summed E-state index contributed by atoms with van der Waals surface area (Å²) in [6.45, 7) is 7.27. The van der Waals surface area contributed by atoms with E-state index in [4.69, 9.17) is 0 Å². The third-order valence-corrected chi connectivity index (χ3v) is 5.18. The van der Waals surface area contributed by atoms with Gasteiger partial charge in [-0.3, -0.25) is 4.79 Å². The summed E-state index contributed by atoms with van der Waals surface area (Å²) < 4.78 is 0. The zero-order valence-electron chi connectivity index (χ0n) is 11.9. The van der Waals surface area contributed by atoms with E-state index in [2.05, 4.69) is 24.5 Å². The van der Waals surface area contributed by atoms with Crippen LogP contribution >= 0.6 is 11.3 Å². The van der Waals surface area contributed by atoms with Crippen LogP contribution in [0.5, 0.6) is 0 Å². The van der Waals surface area contributed by atoms with E-state index in [1.54, 1.807) is 11.3 Å². The minimum atomic E-state index is 0.0940. The second-order valence-corrected chi connectivity index (χ2v) is 6.46. The Bertz CT molecular complexity index is 422. The first-order valence-electron chi connectivity index (χ1n) is 7.29. The molecule has 1 aliphatic rings. The number of hydrogen-bond acceptors (Lipinski definition) is 3. The van der Waals surface area contributed by atoms with Gasteiger partial charge in [-0.1, -0.05) is 6.92 Å². The van der Waals surface area contributed by atoms with Gasteiger partial charge in [0.1, 0.15) is 0 Å². The second-order valence-electron chi connectivity index (χ2n) is 5.33. The standard InChI is InChI=1S/C15H24N2OS/c1-3-13-11(2)9-14(19-13)15(18)17-8-6-12-5-4-7-16-10-12/h9,12,16H,3-8,10H2,1-2H3,(H,17,18). The van der Waals surface area contributed by atoms with Crippen molar-refractivity contribution < 1.29 is 4.79 Å². The lowest BCUT2D eigenvalue weighted by Gasteiger charge is -2.22. The normalized spacial score (nSPS) is 19.4. The Kier molecular flexibility index (Phi) is 5.40. The van der Waals surface area contributed by atoms with Crippen LogP contribution in [0, 0.1) is 12.8 Å². The van der Waals surface area contributed by atoms with Crippen molar-refractivity contribution in [2.24, 2.45) is 5.92 Å². The monoisotopic (exact) mass is 280 g/mol. The van der Waals surface area contributed by atoms with Gasteiger partial charge in [-0.05, 0) is 63.2 Å². The first kappa shape index (κ1) is 14.5. The Morgan fingerprint density at radius 3 is 3.05 bits per heavy atom. The van der Waals surface area contributed by atoms with Gasteiger partial charge in [0, 0.05) is 11.4 Å². The molecule has 2 heterocycles. The van der Waals surface area contributed by atoms with Crippen molar-refractivity contribution in [1.82, 2.24) is 10.6 Å². The van der Waals surface area contributed by atoms with Gasteiger partial charge in [0.2, 0.25) is 0 Å². The number of carbonyl (C=O) groups excluding carboxylic acids is 1. The van der Waals surface area contributed by atoms with E-state index in [0.29, 0.717) is 0 Å². The van der Waals surface area contributed by atoms with Crippen LogP contribution < -0.4 is 10.6 Å². The fourth-order valence-corrected chi connectivity index (χ4v) is 3.66. The van der Waals surface area contributed by atoms with E-state index in [1.807, 2.05) is 6.07 Å². The fourth-order valence-electron chi connectivity index (χ4n) is 2.63. The van der Waals surface area contributed by atoms with Crippen molar-refractivity contribution in [3.63, 3.8) is 0 Å². The summed E-state index contributed by atoms with van der Waals surface area (Å²) in [5.41, 5.74) is 1.24. The molecule has 1 amide bonds. The Hall–Kier alpha value is -0.870. The highest BCUT2D eigenvalue weighted by Gasteiger charge is 2.14. The van der Waals surface area contributed by atoms with E-state index in [9.17, 15) is 4.79 Å². The average molecular weight is 280 g/mol. The Labute approximate surface area is 119 Å². The van der Waals surface area contributed by atoms with Crippen LogP contribution in [-0.4, -0.2) is 25.5 Å². The Morgan fingerprint density at radius 2 is 2.42 bits per heavy atom. The third-order valence-electron chi connectivity index (χ3n) is 3.80. The number of nitrogens with one attached hydrogen (secondary N) is 2. The van der Waals surface area contributed by atoms with Crippen molar-refractivity contribution in [3.8, 4) is 0 Å². The summed E-state index contributed by atoms with van der Waals surface area (Å²) in [4.78, 5) is 14.2. The molecule has 1 saturated heterocycles. The summed E-state index contributed by atoms with van der Waals surface area (Å²) in [7, 11) is 0. The van der Waals surface area contributed by atoms with Gasteiger partial charge >= 0.3 is 0 Å². The number of amides is 1. The molecule has 0 aliphatic carbocycles. The van der Waals surface area contributed by atoms with E-state index >= 15 is 0 Å². The van der Waals surface area contributed by atoms with E-state index in [1.165, 1.54) is 23.3 Å². The van der Waals surface area contributed by atoms with E-state index < -0.39 is 0 Å². The van der Waals surface area contributed by atoms with Crippen LogP contribution in [0.3, 0.4) is 0 Å². The molecule has 1 aliphatic heterocycles. The molecule has 19 heavy (non-hydrogen) atoms. The highest BCUT2D eigenvalue weighted by Crippen LogP contribution is 2.22. The molecule has 1 aromatic heterocycles. The second kappa shape index (κ2) is 7.06. The number of rotatable bonds is 5. The molecule has 0 spiro atoms. The highest BCUT2D eigenvalue weighted by atomic mass is 32.1. The number of carbonyl (C=O) groups is 1. The van der Waals surface area contributed by atoms with Crippen LogP contribution in [0.15, 0.2) is 6.07 Å². The zero-order chi connectivity index (χ0) is 13.7. The maximum atomic E-state index is 12.1. The summed E-state index contributed by atoms with van der Waals surface area (Å²) in [5.74, 6) is 0.821. The lowest BCUT2D eigenvalue weighted by atomic mass is 9.96. The summed E-state index contributed by atoms with van der Waals surface area (Å²) >= 11 is 1.63. The topological polar surface area (TPSA) is 41.1 Å². The smallest absolute Gasteiger partial charge is 0.261 e. The van der Waals surface area contributed by atoms with Crippen molar-refractivity contribution in [1.29, 1.82) is 0 Å². The van der Waals surface area contributed by atoms with Crippen LogP contribution in [0.1, 0.15) is 46.3 Å². The molecule has 3 nitrogen and oxygen atoms in total. The molecule has 1 aromatic rings. The number of thiophene rings is 1. The third kappa shape index (κ3) is 4.05. The van der Waals surface area contributed by atoms with Crippen LogP contribution in [0.4, 0.5) is 0 Å². The molecule has 2 N–H and O–H groups in total. The maximum absolute atomic E-state index is 12.1. The molecule has 2 rings (SSSR count). The first-order valence-corrected chi connectivity index (χ1v) is 8.10. The lowest BCUT2D eigenvalue weighted by Crippen LogP contribution is -2.33. The van der Waals surface area contributed by atoms with Crippen LogP contribution in [0.2, 0.25) is 0 Å². The van der Waals surface area contributed by atoms with Crippen molar-refractivity contribution in [2.75, 3.05) is 19.6 Å². The predicted octanol–water partition coefficient (Wildman–Crippen LogP) is 2.74. The summed E-state index contributed by atoms with van der Waals surface area (Å²) in [5, 5.41) is 6.47. The maximum Gasteiger partial charge on any atom is 0.261 e. The fraction of sp³-hybridized carbons (Fsp3) is 0.667. The zero-order valence-corrected chi connectivity index (χ0v) is 12.7. The highest BCUT2D eigenvalue weighted by molar-refractivity contribution is 7.14. The molecule has 4 heteroatoms. The number of hydrogen-bond donors (Lipinski definition) is 2. The largest absolute Gasteiger partial charge is 0.351 e. The number of piperidine rings is 1. The van der Waals surface area contributed by atoms with Crippen LogP contribution in [-0.2, 0) is 6.42 Å². The van der Waals surface area contributed by atoms with Gasteiger partial charge in [-0.25, -0.2) is 0 Å². The molecule has 0 bridgehead atoms. The first-order chi connectivity index (χ1) is 9.20. The van der Waals surface area contributed by atoms with Gasteiger partial charge in [-0.2, -0.15) is 0 Å². The molecule has 1 unspecified atom stereocenters. The molecule has 0 radical (unpaired) electrons. The predicted molar refractivity (Wildman–Crippen MR) is 81.0 cm³/mol.